The number of hydrogen-bond donors (Lipinski definition) is 0. The molecular weight excluding hydrogens is 320 g/mol. The molecule has 25 heavy (non-hydrogen) atoms. The first-order valence-corrected chi connectivity index (χ1v) is 7.45. The molecule has 6 nitrogen and oxygen atoms in total. The molecule has 0 aliphatic carbocycles. The van der Waals surface area contributed by atoms with E-state index in [0.717, 1.165) is 11.3 Å². The second-order valence-electron chi connectivity index (χ2n) is 5.09. The van der Waals surface area contributed by atoms with Crippen LogP contribution in [-0.4, -0.2) is 41.4 Å². The molecule has 0 amide bonds. The van der Waals surface area contributed by atoms with Crippen LogP contribution in [0.3, 0.4) is 0 Å². The van der Waals surface area contributed by atoms with Crippen LogP contribution in [0.4, 0.5) is 5.69 Å². The van der Waals surface area contributed by atoms with Crippen molar-refractivity contribution in [1.82, 2.24) is 0 Å². The van der Waals surface area contributed by atoms with Gasteiger partial charge in [0.1, 0.15) is 23.1 Å². The first kappa shape index (κ1) is 19.8. The molecule has 1 aromatic rings. The zero-order valence-corrected chi connectivity index (χ0v) is 15.1. The molecule has 1 rings (SSSR count). The Bertz CT molecular complexity index is 715. The third-order valence-corrected chi connectivity index (χ3v) is 3.32. The number of benzene rings is 1. The molecule has 1 aromatic carbocycles. The van der Waals surface area contributed by atoms with Gasteiger partial charge in [-0.1, -0.05) is 18.2 Å². The molecule has 0 bridgehead atoms. The predicted molar refractivity (Wildman–Crippen MR) is 97.8 cm³/mol. The summed E-state index contributed by atoms with van der Waals surface area (Å²) in [5.41, 5.74) is 1.68. The van der Waals surface area contributed by atoms with Crippen LogP contribution >= 0.6 is 0 Å². The van der Waals surface area contributed by atoms with Gasteiger partial charge in [-0.15, -0.1) is 0 Å². The van der Waals surface area contributed by atoms with E-state index < -0.39 is 5.97 Å². The highest BCUT2D eigenvalue weighted by Gasteiger charge is 2.11. The topological polar surface area (TPSA) is 71.8 Å². The normalized spacial score (nSPS) is 11.4. The lowest BCUT2D eigenvalue weighted by Gasteiger charge is -2.17. The van der Waals surface area contributed by atoms with Gasteiger partial charge in [0.25, 0.3) is 0 Å². The Morgan fingerprint density at radius 1 is 1.08 bits per heavy atom. The zero-order chi connectivity index (χ0) is 18.8. The highest BCUT2D eigenvalue weighted by molar-refractivity contribution is 5.92. The molecule has 0 aliphatic heterocycles. The quantitative estimate of drug-likeness (QED) is 0.328. The summed E-state index contributed by atoms with van der Waals surface area (Å²) in [6, 6.07) is 5.61. The summed E-state index contributed by atoms with van der Waals surface area (Å²) >= 11 is 0. The molecule has 0 spiro atoms. The summed E-state index contributed by atoms with van der Waals surface area (Å²) < 4.78 is 15.4. The van der Waals surface area contributed by atoms with Crippen molar-refractivity contribution >= 4 is 17.7 Å². The zero-order valence-electron chi connectivity index (χ0n) is 15.1. The lowest BCUT2D eigenvalue weighted by Crippen LogP contribution is -2.09. The maximum Gasteiger partial charge on any atom is 0.348 e. The highest BCUT2D eigenvalue weighted by Crippen LogP contribution is 2.34. The molecule has 132 valence electrons. The van der Waals surface area contributed by atoms with E-state index in [0.29, 0.717) is 11.5 Å². The van der Waals surface area contributed by atoms with Crippen LogP contribution in [0.2, 0.25) is 0 Å². The van der Waals surface area contributed by atoms with Gasteiger partial charge in [-0.25, -0.2) is 4.79 Å². The number of nitriles is 1. The van der Waals surface area contributed by atoms with E-state index in [-0.39, 0.29) is 5.57 Å². The second kappa shape index (κ2) is 9.83. The highest BCUT2D eigenvalue weighted by atomic mass is 16.5. The molecule has 0 saturated carbocycles. The Hall–Kier alpha value is -3.20. The lowest BCUT2D eigenvalue weighted by atomic mass is 10.1. The number of carbonyl (C=O) groups is 1. The van der Waals surface area contributed by atoms with E-state index in [4.69, 9.17) is 14.7 Å². The summed E-state index contributed by atoms with van der Waals surface area (Å²) in [5.74, 6) is 0.685. The smallest absolute Gasteiger partial charge is 0.348 e. The molecule has 0 aliphatic rings. The third-order valence-electron chi connectivity index (χ3n) is 3.32. The van der Waals surface area contributed by atoms with Crippen molar-refractivity contribution in [1.29, 1.82) is 5.26 Å². The molecule has 0 heterocycles. The van der Waals surface area contributed by atoms with Gasteiger partial charge >= 0.3 is 5.97 Å². The van der Waals surface area contributed by atoms with E-state index >= 15 is 0 Å². The molecule has 6 heteroatoms. The fourth-order valence-corrected chi connectivity index (χ4v) is 1.98. The first-order chi connectivity index (χ1) is 12.0. The Morgan fingerprint density at radius 3 is 2.12 bits per heavy atom. The average molecular weight is 342 g/mol. The van der Waals surface area contributed by atoms with Gasteiger partial charge in [0.2, 0.25) is 0 Å². The minimum absolute atomic E-state index is 0.0716. The van der Waals surface area contributed by atoms with Gasteiger partial charge in [-0.3, -0.25) is 0 Å². The summed E-state index contributed by atoms with van der Waals surface area (Å²) in [6.45, 7) is 0. The largest absolute Gasteiger partial charge is 0.496 e. The van der Waals surface area contributed by atoms with Crippen molar-refractivity contribution in [3.05, 3.63) is 47.6 Å². The monoisotopic (exact) mass is 342 g/mol. The summed E-state index contributed by atoms with van der Waals surface area (Å²) in [4.78, 5) is 13.2. The van der Waals surface area contributed by atoms with Crippen LogP contribution < -0.4 is 14.4 Å². The van der Waals surface area contributed by atoms with E-state index in [1.54, 1.807) is 38.5 Å². The molecule has 0 saturated heterocycles. The standard InChI is InChI=1S/C19H22N2O4/c1-21(2)15-11-17(23-3)16(18(12-15)24-4)10-8-6-7-9-14(13-20)19(22)25-5/h6-12H,1-5H3. The van der Waals surface area contributed by atoms with Crippen LogP contribution in [0, 0.1) is 11.3 Å². The van der Waals surface area contributed by atoms with Gasteiger partial charge in [0.05, 0.1) is 26.9 Å². The van der Waals surface area contributed by atoms with Crippen molar-refractivity contribution in [2.45, 2.75) is 0 Å². The number of esters is 1. The Balaban J connectivity index is 3.08. The second-order valence-corrected chi connectivity index (χ2v) is 5.09. The number of hydrogen-bond acceptors (Lipinski definition) is 6. The number of rotatable bonds is 7. The Kier molecular flexibility index (Phi) is 7.80. The third kappa shape index (κ3) is 5.43. The molecule has 0 aromatic heterocycles. The molecule has 0 radical (unpaired) electrons. The number of nitrogens with zero attached hydrogens (tertiary/aromatic N) is 2. The van der Waals surface area contributed by atoms with Gasteiger partial charge in [-0.05, 0) is 12.2 Å². The SMILES string of the molecule is COC(=O)C(C#N)=CC=CC=Cc1c(OC)cc(N(C)C)cc1OC. The maximum atomic E-state index is 11.3. The number of ether oxygens (including phenoxy) is 3. The molecule has 0 fully saturated rings. The van der Waals surface area contributed by atoms with Crippen LogP contribution in [-0.2, 0) is 9.53 Å². The molecule has 0 N–H and O–H groups in total. The maximum absolute atomic E-state index is 11.3. The fourth-order valence-electron chi connectivity index (χ4n) is 1.98. The Labute approximate surface area is 148 Å². The minimum Gasteiger partial charge on any atom is -0.496 e. The summed E-state index contributed by atoms with van der Waals surface area (Å²) in [5, 5.41) is 8.86. The summed E-state index contributed by atoms with van der Waals surface area (Å²) in [7, 11) is 8.30. The predicted octanol–water partition coefficient (Wildman–Crippen LogP) is 2.96. The summed E-state index contributed by atoms with van der Waals surface area (Å²) in [6.07, 6.45) is 8.25. The van der Waals surface area contributed by atoms with E-state index in [2.05, 4.69) is 4.74 Å². The first-order valence-electron chi connectivity index (χ1n) is 7.45. The van der Waals surface area contributed by atoms with Crippen molar-refractivity contribution in [3.8, 4) is 17.6 Å². The number of anilines is 1. The van der Waals surface area contributed by atoms with Crippen LogP contribution in [0.1, 0.15) is 5.56 Å². The van der Waals surface area contributed by atoms with E-state index in [1.165, 1.54) is 13.2 Å². The van der Waals surface area contributed by atoms with E-state index in [1.807, 2.05) is 37.2 Å². The van der Waals surface area contributed by atoms with Crippen molar-refractivity contribution in [2.24, 2.45) is 0 Å². The Morgan fingerprint density at radius 2 is 1.68 bits per heavy atom. The number of allylic oxidation sites excluding steroid dienone is 4. The van der Waals surface area contributed by atoms with Crippen molar-refractivity contribution in [2.75, 3.05) is 40.3 Å². The van der Waals surface area contributed by atoms with Gasteiger partial charge in [0, 0.05) is 31.9 Å². The van der Waals surface area contributed by atoms with Gasteiger partial charge in [0.15, 0.2) is 0 Å². The number of carbonyl (C=O) groups excluding carboxylic acids is 1. The fraction of sp³-hybridized carbons (Fsp3) is 0.263. The van der Waals surface area contributed by atoms with Crippen LogP contribution in [0.25, 0.3) is 6.08 Å². The average Bonchev–Trinajstić information content (AvgIpc) is 2.63. The van der Waals surface area contributed by atoms with Crippen LogP contribution in [0.5, 0.6) is 11.5 Å². The molecule has 0 unspecified atom stereocenters. The lowest BCUT2D eigenvalue weighted by molar-refractivity contribution is -0.135. The van der Waals surface area contributed by atoms with Crippen molar-refractivity contribution in [3.63, 3.8) is 0 Å². The van der Waals surface area contributed by atoms with Gasteiger partial charge < -0.3 is 19.1 Å². The van der Waals surface area contributed by atoms with Crippen LogP contribution in [0.15, 0.2) is 42.0 Å². The number of methoxy groups -OCH3 is 3. The molecular formula is C19H22N2O4. The van der Waals surface area contributed by atoms with Gasteiger partial charge in [-0.2, -0.15) is 5.26 Å². The van der Waals surface area contributed by atoms with E-state index in [9.17, 15) is 4.79 Å². The minimum atomic E-state index is -0.668. The molecule has 0 atom stereocenters. The van der Waals surface area contributed by atoms with Crippen molar-refractivity contribution < 1.29 is 19.0 Å².